The maximum absolute atomic E-state index is 10.7. The summed E-state index contributed by atoms with van der Waals surface area (Å²) in [6.07, 6.45) is 0. The molecule has 0 nitrogen and oxygen atoms in total. The van der Waals surface area contributed by atoms with Gasteiger partial charge in [0.2, 0.25) is 9.85 Å². The Kier molecular flexibility index (Phi) is 3.81. The Morgan fingerprint density at radius 2 is 2.25 bits per heavy atom. The van der Waals surface area contributed by atoms with Crippen molar-refractivity contribution in [1.29, 1.82) is 0 Å². The normalized spacial score (nSPS) is 10.5. The van der Waals surface area contributed by atoms with Crippen molar-refractivity contribution in [2.24, 2.45) is 0 Å². The van der Waals surface area contributed by atoms with Crippen LogP contribution in [0.25, 0.3) is 0 Å². The van der Waals surface area contributed by atoms with E-state index in [0.29, 0.717) is 0 Å². The lowest BCUT2D eigenvalue weighted by Gasteiger charge is -1.60. The highest BCUT2D eigenvalue weighted by Gasteiger charge is 1.67. The lowest BCUT2D eigenvalue weighted by Crippen LogP contribution is -1.74. The fourth-order valence-electron chi connectivity index (χ4n) is 0. The van der Waals surface area contributed by atoms with Crippen molar-refractivity contribution in [1.82, 2.24) is 0 Å². The molecule has 0 aromatic heterocycles. The van der Waals surface area contributed by atoms with Crippen LogP contribution in [0.15, 0.2) is 0 Å². The van der Waals surface area contributed by atoms with Crippen molar-refractivity contribution in [3.63, 3.8) is 0 Å². The van der Waals surface area contributed by atoms with E-state index in [0.717, 1.165) is 0 Å². The fourth-order valence-corrected chi connectivity index (χ4v) is 0. The van der Waals surface area contributed by atoms with Crippen LogP contribution in [0.2, 0.25) is 0 Å². The van der Waals surface area contributed by atoms with Gasteiger partial charge in [0.1, 0.15) is 0 Å². The average Bonchev–Trinajstić information content (AvgIpc) is 1.37. The smallest absolute Gasteiger partial charge is 0.231 e. The van der Waals surface area contributed by atoms with Crippen molar-refractivity contribution >= 4 is 21.5 Å². The van der Waals surface area contributed by atoms with Crippen LogP contribution in [-0.2, 0) is 0 Å². The van der Waals surface area contributed by atoms with Gasteiger partial charge < -0.3 is 4.11 Å². The molecule has 0 spiro atoms. The predicted molar refractivity (Wildman–Crippen MR) is 20.4 cm³/mol. The first-order chi connectivity index (χ1) is 1.91. The zero-order valence-electron chi connectivity index (χ0n) is 2.17. The molecule has 0 unspecified atom stereocenters. The first-order valence-electron chi connectivity index (χ1n) is 1.03. The number of rotatable bonds is 1. The molecule has 0 saturated carbocycles. The highest BCUT2D eigenvalue weighted by atomic mass is 35.5. The minimum Gasteiger partial charge on any atom is -0.321 e. The van der Waals surface area contributed by atoms with Crippen molar-refractivity contribution in [2.75, 3.05) is 5.50 Å². The second-order valence-electron chi connectivity index (χ2n) is 0.378. The van der Waals surface area contributed by atoms with Gasteiger partial charge >= 0.3 is 0 Å². The van der Waals surface area contributed by atoms with Gasteiger partial charge in [0.15, 0.2) is 0 Å². The maximum atomic E-state index is 10.7. The number of hydrogen-bond acceptors (Lipinski definition) is 0. The Morgan fingerprint density at radius 3 is 2.25 bits per heavy atom. The molecule has 0 fully saturated rings. The largest absolute Gasteiger partial charge is 0.321 e. The molecule has 0 saturated heterocycles. The van der Waals surface area contributed by atoms with E-state index in [-0.39, 0.29) is 5.50 Å². The van der Waals surface area contributed by atoms with Gasteiger partial charge in [-0.2, -0.15) is 0 Å². The summed E-state index contributed by atoms with van der Waals surface area (Å²) in [7, 11) is -1.31. The van der Waals surface area contributed by atoms with Crippen molar-refractivity contribution in [3.8, 4) is 0 Å². The topological polar surface area (TPSA) is 0 Å². The van der Waals surface area contributed by atoms with E-state index in [9.17, 15) is 4.11 Å². The van der Waals surface area contributed by atoms with E-state index in [1.165, 1.54) is 0 Å². The zero-order valence-corrected chi connectivity index (χ0v) is 4.34. The van der Waals surface area contributed by atoms with Gasteiger partial charge in [-0.3, -0.25) is 0 Å². The lowest BCUT2D eigenvalue weighted by atomic mass is 11.9. The Morgan fingerprint density at radius 1 is 2.00 bits per heavy atom. The summed E-state index contributed by atoms with van der Waals surface area (Å²) >= 11 is 4.87. The van der Waals surface area contributed by atoms with Crippen molar-refractivity contribution < 1.29 is 4.11 Å². The van der Waals surface area contributed by atoms with E-state index in [2.05, 4.69) is 0 Å². The molecule has 3 heteroatoms. The van der Waals surface area contributed by atoms with Crippen molar-refractivity contribution in [3.05, 3.63) is 0 Å². The summed E-state index contributed by atoms with van der Waals surface area (Å²) in [5.41, 5.74) is 0.264. The highest BCUT2D eigenvalue weighted by molar-refractivity contribution is 6.44. The van der Waals surface area contributed by atoms with E-state index >= 15 is 0 Å². The Labute approximate surface area is 32.0 Å². The molecule has 0 N–H and O–H groups in total. The van der Waals surface area contributed by atoms with Gasteiger partial charge in [0.25, 0.3) is 0 Å². The number of hydrogen-bond donors (Lipinski definition) is 0. The summed E-state index contributed by atoms with van der Waals surface area (Å²) in [6, 6.07) is 0. The molecule has 0 aromatic rings. The first kappa shape index (κ1) is 4.44. The molecular weight excluding hydrogens is 94.5 g/mol. The SMILES string of the molecule is F[SiH2]CCl. The molecule has 0 heterocycles. The standard InChI is InChI=1S/CH4ClFSi/c2-1-4-3/h1,4H2. The van der Waals surface area contributed by atoms with Crippen LogP contribution in [0, 0.1) is 0 Å². The molecule has 0 atom stereocenters. The second-order valence-corrected chi connectivity index (χ2v) is 2.27. The minimum absolute atomic E-state index is 0.264. The Hall–Kier alpha value is 0.437. The molecule has 26 valence electrons. The van der Waals surface area contributed by atoms with Crippen LogP contribution in [0.5, 0.6) is 0 Å². The molecule has 0 aliphatic rings. The van der Waals surface area contributed by atoms with Crippen LogP contribution in [0.1, 0.15) is 0 Å². The van der Waals surface area contributed by atoms with Gasteiger partial charge in [-0.15, -0.1) is 11.6 Å². The predicted octanol–water partition coefficient (Wildman–Crippen LogP) is 0.236. The van der Waals surface area contributed by atoms with Crippen LogP contribution in [0.3, 0.4) is 0 Å². The van der Waals surface area contributed by atoms with E-state index in [1.54, 1.807) is 0 Å². The third kappa shape index (κ3) is 2.44. The van der Waals surface area contributed by atoms with E-state index < -0.39 is 9.85 Å². The monoisotopic (exact) mass is 98.0 g/mol. The van der Waals surface area contributed by atoms with Gasteiger partial charge in [0, 0.05) is 5.50 Å². The van der Waals surface area contributed by atoms with Gasteiger partial charge in [-0.05, 0) is 0 Å². The molecule has 0 radical (unpaired) electrons. The third-order valence-corrected chi connectivity index (χ3v) is 0.643. The summed E-state index contributed by atoms with van der Waals surface area (Å²) in [5.74, 6) is 0. The summed E-state index contributed by atoms with van der Waals surface area (Å²) < 4.78 is 10.7. The van der Waals surface area contributed by atoms with Gasteiger partial charge in [0.05, 0.1) is 0 Å². The molecular formula is CH4ClFSi. The quantitative estimate of drug-likeness (QED) is 0.250. The van der Waals surface area contributed by atoms with Gasteiger partial charge in [-0.1, -0.05) is 0 Å². The Balaban J connectivity index is 1.97. The maximum Gasteiger partial charge on any atom is 0.231 e. The lowest BCUT2D eigenvalue weighted by molar-refractivity contribution is 0.875. The highest BCUT2D eigenvalue weighted by Crippen LogP contribution is 1.65. The number of alkyl halides is 1. The van der Waals surface area contributed by atoms with Crippen LogP contribution in [-0.4, -0.2) is 15.4 Å². The second kappa shape index (κ2) is 3.44. The third-order valence-electron chi connectivity index (χ3n) is 0.0714. The summed E-state index contributed by atoms with van der Waals surface area (Å²) in [4.78, 5) is 0. The molecule has 0 bridgehead atoms. The van der Waals surface area contributed by atoms with E-state index in [1.807, 2.05) is 0 Å². The molecule has 4 heavy (non-hydrogen) atoms. The molecule has 0 rings (SSSR count). The molecule has 0 amide bonds. The average molecular weight is 98.6 g/mol. The first-order valence-corrected chi connectivity index (χ1v) is 3.10. The van der Waals surface area contributed by atoms with Crippen LogP contribution >= 0.6 is 11.6 Å². The van der Waals surface area contributed by atoms with Gasteiger partial charge in [-0.25, -0.2) is 0 Å². The zero-order chi connectivity index (χ0) is 3.41. The van der Waals surface area contributed by atoms with Crippen LogP contribution in [0.4, 0.5) is 4.11 Å². The van der Waals surface area contributed by atoms with Crippen LogP contribution < -0.4 is 0 Å². The fraction of sp³-hybridized carbons (Fsp3) is 1.00. The number of halogens is 2. The molecule has 0 aromatic carbocycles. The summed E-state index contributed by atoms with van der Waals surface area (Å²) in [5, 5.41) is 0. The summed E-state index contributed by atoms with van der Waals surface area (Å²) in [6.45, 7) is 0. The van der Waals surface area contributed by atoms with E-state index in [4.69, 9.17) is 11.6 Å². The molecule has 0 aliphatic heterocycles. The minimum atomic E-state index is -1.31. The Bertz CT molecular complexity index is 10.0. The molecule has 0 aliphatic carbocycles. The van der Waals surface area contributed by atoms with Crippen molar-refractivity contribution in [2.45, 2.75) is 0 Å².